The molecule has 2 heterocycles. The minimum Gasteiger partial charge on any atom is -0.368 e. The van der Waals surface area contributed by atoms with Crippen LogP contribution in [0.1, 0.15) is 24.1 Å². The van der Waals surface area contributed by atoms with Crippen molar-refractivity contribution in [1.82, 2.24) is 9.97 Å². The van der Waals surface area contributed by atoms with Gasteiger partial charge in [-0.05, 0) is 36.6 Å². The van der Waals surface area contributed by atoms with Gasteiger partial charge in [0.15, 0.2) is 0 Å². The number of hydrogen-bond acceptors (Lipinski definition) is 4. The van der Waals surface area contributed by atoms with Crippen LogP contribution in [0.2, 0.25) is 5.15 Å². The highest BCUT2D eigenvalue weighted by atomic mass is 79.9. The fourth-order valence-corrected chi connectivity index (χ4v) is 3.23. The summed E-state index contributed by atoms with van der Waals surface area (Å²) in [6.07, 6.45) is 0.981. The topological polar surface area (TPSA) is 55.0 Å². The van der Waals surface area contributed by atoms with Crippen molar-refractivity contribution in [3.05, 3.63) is 45.0 Å². The molecule has 0 bridgehead atoms. The lowest BCUT2D eigenvalue weighted by atomic mass is 9.94. The van der Waals surface area contributed by atoms with E-state index in [0.29, 0.717) is 5.15 Å². The van der Waals surface area contributed by atoms with Gasteiger partial charge < -0.3 is 10.6 Å². The lowest BCUT2D eigenvalue weighted by Gasteiger charge is -2.36. The summed E-state index contributed by atoms with van der Waals surface area (Å²) in [6.45, 7) is 3.05. The predicted molar refractivity (Wildman–Crippen MR) is 85.1 cm³/mol. The van der Waals surface area contributed by atoms with Crippen LogP contribution in [0.4, 0.5) is 11.8 Å². The average Bonchev–Trinajstić information content (AvgIpc) is 2.38. The summed E-state index contributed by atoms with van der Waals surface area (Å²) in [7, 11) is 0. The Morgan fingerprint density at radius 1 is 1.35 bits per heavy atom. The number of benzene rings is 1. The highest BCUT2D eigenvalue weighted by Crippen LogP contribution is 2.34. The summed E-state index contributed by atoms with van der Waals surface area (Å²) < 4.78 is 1.09. The Morgan fingerprint density at radius 2 is 2.15 bits per heavy atom. The minimum atomic E-state index is 0.208. The normalized spacial score (nSPS) is 17.9. The van der Waals surface area contributed by atoms with Gasteiger partial charge in [0.05, 0.1) is 6.04 Å². The number of anilines is 2. The van der Waals surface area contributed by atoms with Gasteiger partial charge in [0, 0.05) is 17.1 Å². The number of nitrogen functional groups attached to an aromatic ring is 1. The molecule has 1 aromatic heterocycles. The van der Waals surface area contributed by atoms with Crippen LogP contribution in [0.5, 0.6) is 0 Å². The zero-order valence-corrected chi connectivity index (χ0v) is 13.3. The van der Waals surface area contributed by atoms with Gasteiger partial charge in [-0.2, -0.15) is 4.98 Å². The van der Waals surface area contributed by atoms with Gasteiger partial charge in [-0.25, -0.2) is 4.98 Å². The SMILES string of the molecule is CC1c2cc(Br)ccc2CCN1c1cc(Cl)nc(N)n1. The zero-order valence-electron chi connectivity index (χ0n) is 11.0. The number of fused-ring (bicyclic) bond motifs is 1. The molecule has 2 N–H and O–H groups in total. The maximum Gasteiger partial charge on any atom is 0.223 e. The van der Waals surface area contributed by atoms with Gasteiger partial charge in [0.2, 0.25) is 5.95 Å². The number of nitrogens with zero attached hydrogens (tertiary/aromatic N) is 3. The van der Waals surface area contributed by atoms with E-state index >= 15 is 0 Å². The van der Waals surface area contributed by atoms with E-state index in [1.807, 2.05) is 0 Å². The summed E-state index contributed by atoms with van der Waals surface area (Å²) in [5.74, 6) is 0.986. The summed E-state index contributed by atoms with van der Waals surface area (Å²) in [5.41, 5.74) is 8.37. The second kappa shape index (κ2) is 5.22. The van der Waals surface area contributed by atoms with Crippen LogP contribution in [0.3, 0.4) is 0 Å². The first kappa shape index (κ1) is 13.6. The van der Waals surface area contributed by atoms with E-state index in [0.717, 1.165) is 23.3 Å². The van der Waals surface area contributed by atoms with Crippen molar-refractivity contribution in [2.75, 3.05) is 17.2 Å². The molecule has 104 valence electrons. The van der Waals surface area contributed by atoms with Crippen molar-refractivity contribution in [1.29, 1.82) is 0 Å². The van der Waals surface area contributed by atoms with Gasteiger partial charge in [-0.3, -0.25) is 0 Å². The molecule has 0 spiro atoms. The number of aromatic nitrogens is 2. The number of halogens is 2. The van der Waals surface area contributed by atoms with Crippen LogP contribution in [-0.4, -0.2) is 16.5 Å². The van der Waals surface area contributed by atoms with Crippen LogP contribution in [0, 0.1) is 0 Å². The maximum absolute atomic E-state index is 5.98. The summed E-state index contributed by atoms with van der Waals surface area (Å²) in [4.78, 5) is 10.4. The van der Waals surface area contributed by atoms with Gasteiger partial charge in [-0.15, -0.1) is 0 Å². The molecular weight excluding hydrogens is 340 g/mol. The molecule has 6 heteroatoms. The Hall–Kier alpha value is -1.33. The first-order chi connectivity index (χ1) is 9.54. The second-order valence-electron chi connectivity index (χ2n) is 4.87. The van der Waals surface area contributed by atoms with Crippen molar-refractivity contribution in [3.8, 4) is 0 Å². The Labute approximate surface area is 131 Å². The van der Waals surface area contributed by atoms with Crippen molar-refractivity contribution in [2.45, 2.75) is 19.4 Å². The number of rotatable bonds is 1. The van der Waals surface area contributed by atoms with Crippen LogP contribution in [-0.2, 0) is 6.42 Å². The molecule has 0 amide bonds. The summed E-state index contributed by atoms with van der Waals surface area (Å²) >= 11 is 9.51. The smallest absolute Gasteiger partial charge is 0.223 e. The predicted octanol–water partition coefficient (Wildman–Crippen LogP) is 3.60. The van der Waals surface area contributed by atoms with Gasteiger partial charge in [-0.1, -0.05) is 33.6 Å². The van der Waals surface area contributed by atoms with E-state index in [1.54, 1.807) is 6.07 Å². The molecular formula is C14H14BrClN4. The third-order valence-corrected chi connectivity index (χ3v) is 4.33. The molecule has 1 aliphatic heterocycles. The third kappa shape index (κ3) is 2.47. The largest absolute Gasteiger partial charge is 0.368 e. The van der Waals surface area contributed by atoms with Gasteiger partial charge in [0.1, 0.15) is 11.0 Å². The molecule has 0 fully saturated rings. The number of hydrogen-bond donors (Lipinski definition) is 1. The fourth-order valence-electron chi connectivity index (χ4n) is 2.67. The monoisotopic (exact) mass is 352 g/mol. The lowest BCUT2D eigenvalue weighted by Crippen LogP contribution is -2.34. The molecule has 4 nitrogen and oxygen atoms in total. The van der Waals surface area contributed by atoms with Gasteiger partial charge >= 0.3 is 0 Å². The van der Waals surface area contributed by atoms with E-state index in [1.165, 1.54) is 11.1 Å². The molecule has 1 unspecified atom stereocenters. The molecule has 20 heavy (non-hydrogen) atoms. The van der Waals surface area contributed by atoms with E-state index in [4.69, 9.17) is 17.3 Å². The van der Waals surface area contributed by atoms with Crippen LogP contribution in [0.25, 0.3) is 0 Å². The van der Waals surface area contributed by atoms with E-state index in [9.17, 15) is 0 Å². The summed E-state index contributed by atoms with van der Waals surface area (Å²) in [6, 6.07) is 8.41. The molecule has 1 aliphatic rings. The van der Waals surface area contributed by atoms with Crippen LogP contribution >= 0.6 is 27.5 Å². The third-order valence-electron chi connectivity index (χ3n) is 3.64. The first-order valence-electron chi connectivity index (χ1n) is 6.39. The highest BCUT2D eigenvalue weighted by molar-refractivity contribution is 9.10. The molecule has 0 radical (unpaired) electrons. The van der Waals surface area contributed by atoms with E-state index < -0.39 is 0 Å². The number of nitrogens with two attached hydrogens (primary N) is 1. The highest BCUT2D eigenvalue weighted by Gasteiger charge is 2.25. The Bertz CT molecular complexity index is 641. The van der Waals surface area contributed by atoms with Crippen molar-refractivity contribution < 1.29 is 0 Å². The fraction of sp³-hybridized carbons (Fsp3) is 0.286. The van der Waals surface area contributed by atoms with Gasteiger partial charge in [0.25, 0.3) is 0 Å². The first-order valence-corrected chi connectivity index (χ1v) is 7.57. The van der Waals surface area contributed by atoms with Crippen molar-refractivity contribution in [2.24, 2.45) is 0 Å². The molecule has 0 saturated carbocycles. The molecule has 3 rings (SSSR count). The van der Waals surface area contributed by atoms with Crippen LogP contribution < -0.4 is 10.6 Å². The molecule has 0 aliphatic carbocycles. The Kier molecular flexibility index (Phi) is 3.56. The summed E-state index contributed by atoms with van der Waals surface area (Å²) in [5, 5.41) is 0.375. The molecule has 1 aromatic carbocycles. The maximum atomic E-state index is 5.98. The van der Waals surface area contributed by atoms with Crippen LogP contribution in [0.15, 0.2) is 28.7 Å². The second-order valence-corrected chi connectivity index (χ2v) is 6.17. The average molecular weight is 354 g/mol. The molecule has 0 saturated heterocycles. The zero-order chi connectivity index (χ0) is 14.3. The Morgan fingerprint density at radius 3 is 2.90 bits per heavy atom. The standard InChI is InChI=1S/C14H14BrClN4/c1-8-11-6-10(15)3-2-9(11)4-5-20(8)13-7-12(16)18-14(17)19-13/h2-3,6-8H,4-5H2,1H3,(H2,17,18,19). The van der Waals surface area contributed by atoms with Crippen molar-refractivity contribution in [3.63, 3.8) is 0 Å². The van der Waals surface area contributed by atoms with E-state index in [-0.39, 0.29) is 12.0 Å². The lowest BCUT2D eigenvalue weighted by molar-refractivity contribution is 0.616. The Balaban J connectivity index is 2.01. The molecule has 2 aromatic rings. The van der Waals surface area contributed by atoms with E-state index in [2.05, 4.69) is 55.9 Å². The minimum absolute atomic E-state index is 0.208. The van der Waals surface area contributed by atoms with Crippen molar-refractivity contribution >= 4 is 39.3 Å². The quantitative estimate of drug-likeness (QED) is 0.796. The molecule has 1 atom stereocenters.